The maximum Gasteiger partial charge on any atom is 0.530 e. The molecule has 2 rings (SSSR count). The van der Waals surface area contributed by atoms with Crippen LogP contribution in [0.2, 0.25) is 0 Å². The third-order valence-electron chi connectivity index (χ3n) is 3.02. The zero-order valence-electron chi connectivity index (χ0n) is 13.3. The molecule has 0 bridgehead atoms. The summed E-state index contributed by atoms with van der Waals surface area (Å²) in [6.07, 6.45) is 0. The van der Waals surface area contributed by atoms with Crippen molar-refractivity contribution in [2.24, 2.45) is 0 Å². The average molecular weight is 338 g/mol. The van der Waals surface area contributed by atoms with Crippen LogP contribution in [-0.4, -0.2) is 26.3 Å². The van der Waals surface area contributed by atoms with Crippen LogP contribution in [0, 0.1) is 0 Å². The van der Waals surface area contributed by atoms with E-state index in [0.29, 0.717) is 11.3 Å². The van der Waals surface area contributed by atoms with E-state index in [0.717, 1.165) is 10.8 Å². The second-order valence-electron chi connectivity index (χ2n) is 4.59. The van der Waals surface area contributed by atoms with Gasteiger partial charge in [-0.15, -0.1) is 0 Å². The highest BCUT2D eigenvalue weighted by atomic mass is 31.2. The number of ether oxygens (including phenoxy) is 1. The lowest BCUT2D eigenvalue weighted by atomic mass is 10.1. The molecule has 0 saturated carbocycles. The lowest BCUT2D eigenvalue weighted by Crippen LogP contribution is -2.02. The van der Waals surface area contributed by atoms with Crippen LogP contribution in [-0.2, 0) is 18.3 Å². The molecule has 0 saturated heterocycles. The fraction of sp³-hybridized carbons (Fsp3) is 0.312. The number of phosphoric acid groups is 1. The summed E-state index contributed by atoms with van der Waals surface area (Å²) in [6.45, 7) is 3.86. The van der Waals surface area contributed by atoms with Gasteiger partial charge in [0.1, 0.15) is 5.75 Å². The lowest BCUT2D eigenvalue weighted by molar-refractivity contribution is 0.0601. The van der Waals surface area contributed by atoms with Gasteiger partial charge in [-0.1, -0.05) is 12.1 Å². The number of phosphoric ester groups is 1. The summed E-state index contributed by atoms with van der Waals surface area (Å²) >= 11 is 0. The predicted molar refractivity (Wildman–Crippen MR) is 86.8 cm³/mol. The molecular weight excluding hydrogens is 319 g/mol. The predicted octanol–water partition coefficient (Wildman–Crippen LogP) is 4.19. The largest absolute Gasteiger partial charge is 0.530 e. The molecule has 2 aromatic carbocycles. The Labute approximate surface area is 134 Å². The van der Waals surface area contributed by atoms with Crippen molar-refractivity contribution < 1.29 is 27.7 Å². The monoisotopic (exact) mass is 338 g/mol. The molecule has 23 heavy (non-hydrogen) atoms. The molecule has 0 unspecified atom stereocenters. The van der Waals surface area contributed by atoms with E-state index < -0.39 is 13.8 Å². The van der Waals surface area contributed by atoms with Gasteiger partial charge in [0.15, 0.2) is 0 Å². The number of esters is 1. The Morgan fingerprint density at radius 3 is 2.22 bits per heavy atom. The number of hydrogen-bond donors (Lipinski definition) is 0. The van der Waals surface area contributed by atoms with E-state index in [1.54, 1.807) is 50.2 Å². The highest BCUT2D eigenvalue weighted by molar-refractivity contribution is 7.48. The van der Waals surface area contributed by atoms with Gasteiger partial charge in [0.2, 0.25) is 0 Å². The van der Waals surface area contributed by atoms with Gasteiger partial charge >= 0.3 is 13.8 Å². The summed E-state index contributed by atoms with van der Waals surface area (Å²) in [7, 11) is -2.29. The molecular formula is C16H19O6P. The quantitative estimate of drug-likeness (QED) is 0.557. The summed E-state index contributed by atoms with van der Waals surface area (Å²) in [5.41, 5.74) is 0.461. The molecule has 6 nitrogen and oxygen atoms in total. The molecule has 0 amide bonds. The molecule has 0 aliphatic rings. The van der Waals surface area contributed by atoms with Crippen LogP contribution in [0.1, 0.15) is 24.2 Å². The van der Waals surface area contributed by atoms with Gasteiger partial charge < -0.3 is 9.26 Å². The van der Waals surface area contributed by atoms with Crippen LogP contribution in [0.4, 0.5) is 0 Å². The minimum Gasteiger partial charge on any atom is -0.465 e. The topological polar surface area (TPSA) is 71.1 Å². The Morgan fingerprint density at radius 1 is 1.00 bits per heavy atom. The first-order valence-electron chi connectivity index (χ1n) is 7.22. The SMILES string of the molecule is CCOP(=O)(OCC)Oc1ccc2cc(C(=O)OC)ccc2c1. The van der Waals surface area contributed by atoms with E-state index in [1.165, 1.54) is 7.11 Å². The Hall–Kier alpha value is -1.88. The first kappa shape index (κ1) is 17.5. The minimum absolute atomic E-state index is 0.216. The standard InChI is InChI=1S/C16H19O6P/c1-4-20-23(18,21-5-2)22-15-9-8-12-10-14(16(17)19-3)7-6-13(12)11-15/h6-11H,4-5H2,1-3H3. The molecule has 0 N–H and O–H groups in total. The minimum atomic E-state index is -3.62. The molecule has 7 heteroatoms. The number of fused-ring (bicyclic) bond motifs is 1. The van der Waals surface area contributed by atoms with E-state index in [9.17, 15) is 9.36 Å². The van der Waals surface area contributed by atoms with Gasteiger partial charge in [0, 0.05) is 0 Å². The first-order chi connectivity index (χ1) is 11.0. The van der Waals surface area contributed by atoms with Gasteiger partial charge in [-0.3, -0.25) is 9.05 Å². The van der Waals surface area contributed by atoms with Crippen molar-refractivity contribution >= 4 is 24.6 Å². The Balaban J connectivity index is 2.29. The van der Waals surface area contributed by atoms with Crippen molar-refractivity contribution in [2.45, 2.75) is 13.8 Å². The zero-order valence-corrected chi connectivity index (χ0v) is 14.2. The highest BCUT2D eigenvalue weighted by Crippen LogP contribution is 2.49. The van der Waals surface area contributed by atoms with Crippen LogP contribution in [0.5, 0.6) is 5.75 Å². The van der Waals surface area contributed by atoms with Gasteiger partial charge in [0.25, 0.3) is 0 Å². The smallest absolute Gasteiger partial charge is 0.465 e. The summed E-state index contributed by atoms with van der Waals surface area (Å²) in [4.78, 5) is 11.5. The van der Waals surface area contributed by atoms with Crippen LogP contribution in [0.15, 0.2) is 36.4 Å². The molecule has 0 aliphatic carbocycles. The summed E-state index contributed by atoms with van der Waals surface area (Å²) in [6, 6.07) is 10.3. The maximum atomic E-state index is 12.4. The van der Waals surface area contributed by atoms with Crippen LogP contribution in [0.3, 0.4) is 0 Å². The molecule has 0 spiro atoms. The third kappa shape index (κ3) is 4.32. The van der Waals surface area contributed by atoms with Crippen LogP contribution in [0.25, 0.3) is 10.8 Å². The Kier molecular flexibility index (Phi) is 5.77. The summed E-state index contributed by atoms with van der Waals surface area (Å²) < 4.78 is 32.7. The fourth-order valence-electron chi connectivity index (χ4n) is 2.06. The van der Waals surface area contributed by atoms with Crippen molar-refractivity contribution in [1.82, 2.24) is 0 Å². The number of hydrogen-bond acceptors (Lipinski definition) is 6. The van der Waals surface area contributed by atoms with E-state index in [-0.39, 0.29) is 13.2 Å². The van der Waals surface area contributed by atoms with E-state index in [1.807, 2.05) is 0 Å². The number of carbonyl (C=O) groups is 1. The molecule has 0 heterocycles. The number of benzene rings is 2. The molecule has 0 aromatic heterocycles. The van der Waals surface area contributed by atoms with Crippen LogP contribution < -0.4 is 4.52 Å². The van der Waals surface area contributed by atoms with Gasteiger partial charge in [-0.05, 0) is 48.9 Å². The van der Waals surface area contributed by atoms with E-state index in [4.69, 9.17) is 18.3 Å². The molecule has 0 fully saturated rings. The Bertz CT molecular complexity index is 732. The Morgan fingerprint density at radius 2 is 1.61 bits per heavy atom. The molecule has 0 radical (unpaired) electrons. The number of rotatable bonds is 7. The molecule has 0 atom stereocenters. The molecule has 0 aliphatic heterocycles. The van der Waals surface area contributed by atoms with Crippen LogP contribution >= 0.6 is 7.82 Å². The first-order valence-corrected chi connectivity index (χ1v) is 8.68. The molecule has 2 aromatic rings. The lowest BCUT2D eigenvalue weighted by Gasteiger charge is -2.17. The van der Waals surface area contributed by atoms with Crippen molar-refractivity contribution in [3.63, 3.8) is 0 Å². The second-order valence-corrected chi connectivity index (χ2v) is 6.18. The van der Waals surface area contributed by atoms with Crippen molar-refractivity contribution in [3.05, 3.63) is 42.0 Å². The highest BCUT2D eigenvalue weighted by Gasteiger charge is 2.27. The van der Waals surface area contributed by atoms with Crippen molar-refractivity contribution in [1.29, 1.82) is 0 Å². The van der Waals surface area contributed by atoms with Gasteiger partial charge in [-0.25, -0.2) is 9.36 Å². The van der Waals surface area contributed by atoms with Crippen molar-refractivity contribution in [3.8, 4) is 5.75 Å². The maximum absolute atomic E-state index is 12.4. The normalized spacial score (nSPS) is 11.4. The van der Waals surface area contributed by atoms with E-state index >= 15 is 0 Å². The zero-order chi connectivity index (χ0) is 16.9. The van der Waals surface area contributed by atoms with E-state index in [2.05, 4.69) is 0 Å². The summed E-state index contributed by atoms with van der Waals surface area (Å²) in [5, 5.41) is 1.66. The number of carbonyl (C=O) groups excluding carboxylic acids is 1. The van der Waals surface area contributed by atoms with Crippen molar-refractivity contribution in [2.75, 3.05) is 20.3 Å². The second kappa shape index (κ2) is 7.59. The van der Waals surface area contributed by atoms with Gasteiger partial charge in [0.05, 0.1) is 25.9 Å². The van der Waals surface area contributed by atoms with Gasteiger partial charge in [-0.2, -0.15) is 0 Å². The molecule has 124 valence electrons. The fourth-order valence-corrected chi connectivity index (χ4v) is 3.24. The number of methoxy groups -OCH3 is 1. The summed E-state index contributed by atoms with van der Waals surface area (Å²) in [5.74, 6) is -0.0297. The third-order valence-corrected chi connectivity index (χ3v) is 4.61. The average Bonchev–Trinajstić information content (AvgIpc) is 2.53.